The summed E-state index contributed by atoms with van der Waals surface area (Å²) in [6.07, 6.45) is 5.19. The van der Waals surface area contributed by atoms with Gasteiger partial charge in [-0.1, -0.05) is 27.2 Å². The van der Waals surface area contributed by atoms with Gasteiger partial charge in [0.2, 0.25) is 0 Å². The number of carbonyl (C=O) groups excluding carboxylic acids is 1. The third kappa shape index (κ3) is 6.81. The van der Waals surface area contributed by atoms with Crippen molar-refractivity contribution in [3.8, 4) is 0 Å². The van der Waals surface area contributed by atoms with Crippen LogP contribution in [0.5, 0.6) is 0 Å². The molecule has 1 aromatic rings. The summed E-state index contributed by atoms with van der Waals surface area (Å²) in [6, 6.07) is 1.43. The van der Waals surface area contributed by atoms with E-state index in [-0.39, 0.29) is 17.2 Å². The Morgan fingerprint density at radius 3 is 2.46 bits per heavy atom. The highest BCUT2D eigenvalue weighted by molar-refractivity contribution is 5.76. The number of aryl methyl sites for hydroxylation is 1. The van der Waals surface area contributed by atoms with Gasteiger partial charge in [0.25, 0.3) is 5.56 Å². The van der Waals surface area contributed by atoms with Gasteiger partial charge < -0.3 is 4.74 Å². The average molecular weight is 367 g/mol. The van der Waals surface area contributed by atoms with Crippen LogP contribution in [0.1, 0.15) is 71.9 Å². The van der Waals surface area contributed by atoms with Crippen LogP contribution < -0.4 is 11.2 Å². The molecular formula is C20H34N2O4. The van der Waals surface area contributed by atoms with Crippen molar-refractivity contribution in [1.82, 2.24) is 9.55 Å². The van der Waals surface area contributed by atoms with Crippen LogP contribution in [0.4, 0.5) is 0 Å². The zero-order valence-corrected chi connectivity index (χ0v) is 16.9. The third-order valence-corrected chi connectivity index (χ3v) is 4.88. The van der Waals surface area contributed by atoms with Crippen molar-refractivity contribution in [1.29, 1.82) is 0 Å². The minimum Gasteiger partial charge on any atom is -0.465 e. The van der Waals surface area contributed by atoms with Crippen LogP contribution in [0.25, 0.3) is 0 Å². The predicted molar refractivity (Wildman–Crippen MR) is 103 cm³/mol. The van der Waals surface area contributed by atoms with Crippen molar-refractivity contribution in [2.45, 2.75) is 79.7 Å². The minimum atomic E-state index is -0.392. The SMILES string of the molecule is CCC(C)(CC(C)C)C(=O)OCCCCCCn1c(C)cc(=O)[nH]c1=O. The first kappa shape index (κ1) is 22.2. The van der Waals surface area contributed by atoms with E-state index < -0.39 is 5.41 Å². The van der Waals surface area contributed by atoms with Crippen LogP contribution in [0, 0.1) is 18.3 Å². The molecule has 1 N–H and O–H groups in total. The molecule has 6 heteroatoms. The van der Waals surface area contributed by atoms with Crippen molar-refractivity contribution in [2.75, 3.05) is 6.61 Å². The summed E-state index contributed by atoms with van der Waals surface area (Å²) in [5.41, 5.74) is -0.427. The number of nitrogens with zero attached hydrogens (tertiary/aromatic N) is 1. The van der Waals surface area contributed by atoms with E-state index in [0.717, 1.165) is 38.5 Å². The van der Waals surface area contributed by atoms with Gasteiger partial charge in [-0.3, -0.25) is 19.1 Å². The van der Waals surface area contributed by atoms with Crippen molar-refractivity contribution in [3.63, 3.8) is 0 Å². The Morgan fingerprint density at radius 2 is 1.88 bits per heavy atom. The van der Waals surface area contributed by atoms with E-state index in [9.17, 15) is 14.4 Å². The first-order chi connectivity index (χ1) is 12.2. The maximum atomic E-state index is 12.3. The molecule has 0 aromatic carbocycles. The highest BCUT2D eigenvalue weighted by Gasteiger charge is 2.33. The molecule has 0 amide bonds. The summed E-state index contributed by atoms with van der Waals surface area (Å²) >= 11 is 0. The molecule has 0 aliphatic carbocycles. The van der Waals surface area contributed by atoms with Gasteiger partial charge in [0, 0.05) is 18.3 Å². The topological polar surface area (TPSA) is 81.2 Å². The lowest BCUT2D eigenvalue weighted by molar-refractivity contribution is -0.156. The van der Waals surface area contributed by atoms with E-state index in [1.807, 2.05) is 13.8 Å². The zero-order valence-electron chi connectivity index (χ0n) is 16.9. The Balaban J connectivity index is 2.28. The lowest BCUT2D eigenvalue weighted by Gasteiger charge is -2.27. The number of nitrogens with one attached hydrogen (secondary N) is 1. The molecule has 0 aliphatic rings. The lowest BCUT2D eigenvalue weighted by Crippen LogP contribution is -2.31. The Hall–Kier alpha value is -1.85. The van der Waals surface area contributed by atoms with Gasteiger partial charge in [0.15, 0.2) is 0 Å². The average Bonchev–Trinajstić information content (AvgIpc) is 2.54. The standard InChI is InChI=1S/C20H34N2O4/c1-6-20(5,14-15(2)3)18(24)26-12-10-8-7-9-11-22-16(4)13-17(23)21-19(22)25/h13,15H,6-12,14H2,1-5H3,(H,21,23,25). The molecule has 1 unspecified atom stereocenters. The molecule has 148 valence electrons. The van der Waals surface area contributed by atoms with Crippen LogP contribution in [0.15, 0.2) is 15.7 Å². The van der Waals surface area contributed by atoms with Crippen LogP contribution in [-0.4, -0.2) is 22.1 Å². The van der Waals surface area contributed by atoms with Crippen LogP contribution in [0.3, 0.4) is 0 Å². The van der Waals surface area contributed by atoms with Gasteiger partial charge in [-0.15, -0.1) is 0 Å². The highest BCUT2D eigenvalue weighted by Crippen LogP contribution is 2.31. The van der Waals surface area contributed by atoms with E-state index in [0.29, 0.717) is 24.8 Å². The Morgan fingerprint density at radius 1 is 1.23 bits per heavy atom. The number of carbonyl (C=O) groups is 1. The second kappa shape index (κ2) is 10.3. The molecule has 0 bridgehead atoms. The van der Waals surface area contributed by atoms with Gasteiger partial charge in [0.05, 0.1) is 12.0 Å². The van der Waals surface area contributed by atoms with E-state index in [4.69, 9.17) is 4.74 Å². The molecule has 0 radical (unpaired) electrons. The number of hydrogen-bond acceptors (Lipinski definition) is 4. The summed E-state index contributed by atoms with van der Waals surface area (Å²) in [7, 11) is 0. The molecule has 1 heterocycles. The highest BCUT2D eigenvalue weighted by atomic mass is 16.5. The first-order valence-corrected chi connectivity index (χ1v) is 9.67. The number of ether oxygens (including phenoxy) is 1. The summed E-state index contributed by atoms with van der Waals surface area (Å²) in [5.74, 6) is 0.372. The third-order valence-electron chi connectivity index (χ3n) is 4.88. The minimum absolute atomic E-state index is 0.0934. The molecule has 0 aliphatic heterocycles. The van der Waals surface area contributed by atoms with E-state index >= 15 is 0 Å². The quantitative estimate of drug-likeness (QED) is 0.481. The van der Waals surface area contributed by atoms with Crippen LogP contribution in [-0.2, 0) is 16.1 Å². The van der Waals surface area contributed by atoms with Crippen molar-refractivity contribution >= 4 is 5.97 Å². The second-order valence-corrected chi connectivity index (χ2v) is 7.79. The van der Waals surface area contributed by atoms with Gasteiger partial charge in [0.1, 0.15) is 0 Å². The summed E-state index contributed by atoms with van der Waals surface area (Å²) in [6.45, 7) is 11.1. The normalized spacial score (nSPS) is 13.6. The number of hydrogen-bond donors (Lipinski definition) is 1. The van der Waals surface area contributed by atoms with Crippen molar-refractivity contribution in [2.24, 2.45) is 11.3 Å². The smallest absolute Gasteiger partial charge is 0.328 e. The molecule has 0 fully saturated rings. The largest absolute Gasteiger partial charge is 0.465 e. The number of H-pyrrole nitrogens is 1. The second-order valence-electron chi connectivity index (χ2n) is 7.79. The van der Waals surface area contributed by atoms with E-state index in [2.05, 4.69) is 18.8 Å². The first-order valence-electron chi connectivity index (χ1n) is 9.67. The maximum absolute atomic E-state index is 12.3. The number of esters is 1. The van der Waals surface area contributed by atoms with Gasteiger partial charge >= 0.3 is 11.7 Å². The molecule has 1 rings (SSSR count). The van der Waals surface area contributed by atoms with E-state index in [1.54, 1.807) is 11.5 Å². The monoisotopic (exact) mass is 366 g/mol. The van der Waals surface area contributed by atoms with Crippen LogP contribution >= 0.6 is 0 Å². The maximum Gasteiger partial charge on any atom is 0.328 e. The van der Waals surface area contributed by atoms with Gasteiger partial charge in [-0.05, 0) is 51.9 Å². The molecule has 0 saturated carbocycles. The molecule has 1 atom stereocenters. The Labute approximate surface area is 156 Å². The Kier molecular flexibility index (Phi) is 8.82. The molecular weight excluding hydrogens is 332 g/mol. The molecule has 6 nitrogen and oxygen atoms in total. The molecule has 1 aromatic heterocycles. The zero-order chi connectivity index (χ0) is 19.7. The fraction of sp³-hybridized carbons (Fsp3) is 0.750. The summed E-state index contributed by atoms with van der Waals surface area (Å²) < 4.78 is 7.06. The van der Waals surface area contributed by atoms with Crippen LogP contribution in [0.2, 0.25) is 0 Å². The lowest BCUT2D eigenvalue weighted by atomic mass is 9.80. The molecule has 0 spiro atoms. The summed E-state index contributed by atoms with van der Waals surface area (Å²) in [4.78, 5) is 37.6. The number of aromatic amines is 1. The Bertz CT molecular complexity index is 690. The fourth-order valence-corrected chi connectivity index (χ4v) is 3.25. The molecule has 26 heavy (non-hydrogen) atoms. The number of unbranched alkanes of at least 4 members (excludes halogenated alkanes) is 3. The van der Waals surface area contributed by atoms with Gasteiger partial charge in [-0.25, -0.2) is 4.79 Å². The predicted octanol–water partition coefficient (Wildman–Crippen LogP) is 3.41. The number of aromatic nitrogens is 2. The molecule has 0 saturated heterocycles. The van der Waals surface area contributed by atoms with E-state index in [1.165, 1.54) is 6.07 Å². The fourth-order valence-electron chi connectivity index (χ4n) is 3.25. The van der Waals surface area contributed by atoms with Crippen molar-refractivity contribution in [3.05, 3.63) is 32.6 Å². The van der Waals surface area contributed by atoms with Gasteiger partial charge in [-0.2, -0.15) is 0 Å². The summed E-state index contributed by atoms with van der Waals surface area (Å²) in [5, 5.41) is 0. The van der Waals surface area contributed by atoms with Crippen molar-refractivity contribution < 1.29 is 9.53 Å². The number of rotatable bonds is 11.